The number of esters is 1. The van der Waals surface area contributed by atoms with Gasteiger partial charge in [0.25, 0.3) is 0 Å². The lowest BCUT2D eigenvalue weighted by Gasteiger charge is -2.12. The molecule has 0 unspecified atom stereocenters. The van der Waals surface area contributed by atoms with E-state index >= 15 is 0 Å². The van der Waals surface area contributed by atoms with Crippen molar-refractivity contribution in [1.82, 2.24) is 4.57 Å². The van der Waals surface area contributed by atoms with Gasteiger partial charge in [0.1, 0.15) is 18.1 Å². The second-order valence-corrected chi connectivity index (χ2v) is 5.84. The summed E-state index contributed by atoms with van der Waals surface area (Å²) in [6.45, 7) is 3.97. The predicted octanol–water partition coefficient (Wildman–Crippen LogP) is 3.91. The van der Waals surface area contributed by atoms with Crippen molar-refractivity contribution in [2.24, 2.45) is 0 Å². The second kappa shape index (κ2) is 6.30. The maximum Gasteiger partial charge on any atom is 0.355 e. The van der Waals surface area contributed by atoms with Crippen molar-refractivity contribution in [3.8, 4) is 0 Å². The van der Waals surface area contributed by atoms with Gasteiger partial charge in [-0.05, 0) is 53.5 Å². The Morgan fingerprint density at radius 1 is 1.43 bits per heavy atom. The fourth-order valence-electron chi connectivity index (χ4n) is 1.94. The van der Waals surface area contributed by atoms with Crippen molar-refractivity contribution >= 4 is 27.6 Å². The molecule has 1 aromatic carbocycles. The summed E-state index contributed by atoms with van der Waals surface area (Å²) >= 11 is 3.10. The summed E-state index contributed by atoms with van der Waals surface area (Å²) in [6, 6.07) is 6.16. The lowest BCUT2D eigenvalue weighted by molar-refractivity contribution is 0.0458. The quantitative estimate of drug-likeness (QED) is 0.846. The van der Waals surface area contributed by atoms with Gasteiger partial charge in [-0.15, -0.1) is 0 Å². The molecule has 4 nitrogen and oxygen atoms in total. The average molecular weight is 355 g/mol. The van der Waals surface area contributed by atoms with Crippen LogP contribution >= 0.6 is 15.9 Å². The van der Waals surface area contributed by atoms with Crippen molar-refractivity contribution in [3.05, 3.63) is 52.0 Å². The van der Waals surface area contributed by atoms with E-state index < -0.39 is 5.97 Å². The second-order valence-electron chi connectivity index (χ2n) is 4.98. The lowest BCUT2D eigenvalue weighted by Crippen LogP contribution is -2.13. The van der Waals surface area contributed by atoms with Gasteiger partial charge in [-0.2, -0.15) is 0 Å². The smallest absolute Gasteiger partial charge is 0.355 e. The fourth-order valence-corrected chi connectivity index (χ4v) is 2.37. The molecule has 112 valence electrons. The van der Waals surface area contributed by atoms with Gasteiger partial charge in [-0.25, -0.2) is 9.18 Å². The molecule has 0 saturated heterocycles. The third-order valence-electron chi connectivity index (χ3n) is 2.99. The standard InChI is InChI=1S/C15H16BrFN2O2/c1-9(2)19-7-11(18)6-14(19)15(20)21-8-10-3-4-13(17)12(16)5-10/h3-7,9H,8,18H2,1-2H3. The van der Waals surface area contributed by atoms with Gasteiger partial charge in [-0.1, -0.05) is 6.07 Å². The van der Waals surface area contributed by atoms with E-state index in [0.717, 1.165) is 0 Å². The number of nitrogen functional groups attached to an aromatic ring is 1. The number of carbonyl (C=O) groups is 1. The molecule has 1 heterocycles. The highest BCUT2D eigenvalue weighted by Gasteiger charge is 2.16. The van der Waals surface area contributed by atoms with Crippen LogP contribution in [-0.4, -0.2) is 10.5 Å². The molecule has 0 aliphatic rings. The lowest BCUT2D eigenvalue weighted by atomic mass is 10.2. The summed E-state index contributed by atoms with van der Waals surface area (Å²) in [7, 11) is 0. The van der Waals surface area contributed by atoms with Gasteiger partial charge in [-0.3, -0.25) is 0 Å². The van der Waals surface area contributed by atoms with Crippen molar-refractivity contribution in [3.63, 3.8) is 0 Å². The first-order valence-electron chi connectivity index (χ1n) is 6.47. The molecule has 0 bridgehead atoms. The number of nitrogens with zero attached hydrogens (tertiary/aromatic N) is 1. The molecule has 0 radical (unpaired) electrons. The van der Waals surface area contributed by atoms with Gasteiger partial charge in [0.15, 0.2) is 0 Å². The van der Waals surface area contributed by atoms with Crippen molar-refractivity contribution in [2.45, 2.75) is 26.5 Å². The third kappa shape index (κ3) is 3.64. The van der Waals surface area contributed by atoms with E-state index in [1.54, 1.807) is 29.0 Å². The van der Waals surface area contributed by atoms with Crippen LogP contribution in [0.25, 0.3) is 0 Å². The number of rotatable bonds is 4. The SMILES string of the molecule is CC(C)n1cc(N)cc1C(=O)OCc1ccc(F)c(Br)c1. The molecular weight excluding hydrogens is 339 g/mol. The van der Waals surface area contributed by atoms with E-state index in [2.05, 4.69) is 15.9 Å². The Kier molecular flexibility index (Phi) is 4.67. The molecular formula is C15H16BrFN2O2. The van der Waals surface area contributed by atoms with Crippen LogP contribution in [0.2, 0.25) is 0 Å². The highest BCUT2D eigenvalue weighted by Crippen LogP contribution is 2.20. The van der Waals surface area contributed by atoms with Crippen LogP contribution in [0.1, 0.15) is 35.9 Å². The summed E-state index contributed by atoms with van der Waals surface area (Å²) in [5.41, 5.74) is 7.34. The Labute approximate surface area is 130 Å². The van der Waals surface area contributed by atoms with Crippen LogP contribution in [0.15, 0.2) is 34.9 Å². The molecule has 21 heavy (non-hydrogen) atoms. The molecule has 2 rings (SSSR count). The van der Waals surface area contributed by atoms with Gasteiger partial charge >= 0.3 is 5.97 Å². The van der Waals surface area contributed by atoms with E-state index in [4.69, 9.17) is 10.5 Å². The van der Waals surface area contributed by atoms with Crippen LogP contribution in [-0.2, 0) is 11.3 Å². The highest BCUT2D eigenvalue weighted by atomic mass is 79.9. The van der Waals surface area contributed by atoms with Crippen molar-refractivity contribution in [2.75, 3.05) is 5.73 Å². The first-order valence-corrected chi connectivity index (χ1v) is 7.26. The largest absolute Gasteiger partial charge is 0.456 e. The number of anilines is 1. The number of ether oxygens (including phenoxy) is 1. The molecule has 6 heteroatoms. The third-order valence-corrected chi connectivity index (χ3v) is 3.60. The molecule has 0 aliphatic carbocycles. The van der Waals surface area contributed by atoms with Crippen molar-refractivity contribution < 1.29 is 13.9 Å². The minimum absolute atomic E-state index is 0.0703. The number of aromatic nitrogens is 1. The van der Waals surface area contributed by atoms with E-state index in [9.17, 15) is 9.18 Å². The first-order chi connectivity index (χ1) is 9.88. The number of halogens is 2. The number of hydrogen-bond donors (Lipinski definition) is 1. The van der Waals surface area contributed by atoms with Gasteiger partial charge in [0, 0.05) is 12.2 Å². The minimum atomic E-state index is -0.458. The Morgan fingerprint density at radius 2 is 2.14 bits per heavy atom. The van der Waals surface area contributed by atoms with E-state index in [1.165, 1.54) is 6.07 Å². The summed E-state index contributed by atoms with van der Waals surface area (Å²) in [5, 5.41) is 0. The summed E-state index contributed by atoms with van der Waals surface area (Å²) in [4.78, 5) is 12.1. The monoisotopic (exact) mass is 354 g/mol. The predicted molar refractivity (Wildman–Crippen MR) is 82.4 cm³/mol. The number of benzene rings is 1. The first kappa shape index (κ1) is 15.6. The molecule has 0 fully saturated rings. The molecule has 0 saturated carbocycles. The molecule has 2 aromatic rings. The Balaban J connectivity index is 2.10. The Hall–Kier alpha value is -1.82. The molecule has 2 N–H and O–H groups in total. The maximum absolute atomic E-state index is 13.1. The summed E-state index contributed by atoms with van der Waals surface area (Å²) < 4.78 is 20.5. The van der Waals surface area contributed by atoms with Crippen molar-refractivity contribution in [1.29, 1.82) is 0 Å². The fraction of sp³-hybridized carbons (Fsp3) is 0.267. The van der Waals surface area contributed by atoms with Crippen LogP contribution in [0.3, 0.4) is 0 Å². The van der Waals surface area contributed by atoms with E-state index in [-0.39, 0.29) is 18.5 Å². The van der Waals surface area contributed by atoms with Crippen LogP contribution < -0.4 is 5.73 Å². The molecule has 0 spiro atoms. The Bertz CT molecular complexity index is 668. The van der Waals surface area contributed by atoms with Crippen LogP contribution in [0.4, 0.5) is 10.1 Å². The topological polar surface area (TPSA) is 57.2 Å². The van der Waals surface area contributed by atoms with Crippen LogP contribution in [0, 0.1) is 5.82 Å². The molecule has 0 atom stereocenters. The van der Waals surface area contributed by atoms with E-state index in [1.807, 2.05) is 13.8 Å². The molecule has 0 aliphatic heterocycles. The number of carbonyl (C=O) groups excluding carboxylic acids is 1. The van der Waals surface area contributed by atoms with Gasteiger partial charge < -0.3 is 15.0 Å². The van der Waals surface area contributed by atoms with Gasteiger partial charge in [0.05, 0.1) is 10.2 Å². The minimum Gasteiger partial charge on any atom is -0.456 e. The zero-order valence-electron chi connectivity index (χ0n) is 11.8. The summed E-state index contributed by atoms with van der Waals surface area (Å²) in [6.07, 6.45) is 1.70. The maximum atomic E-state index is 13.1. The normalized spacial score (nSPS) is 10.9. The van der Waals surface area contributed by atoms with Gasteiger partial charge in [0.2, 0.25) is 0 Å². The number of nitrogens with two attached hydrogens (primary N) is 1. The summed E-state index contributed by atoms with van der Waals surface area (Å²) in [5.74, 6) is -0.813. The van der Waals surface area contributed by atoms with E-state index in [0.29, 0.717) is 21.4 Å². The molecule has 1 aromatic heterocycles. The highest BCUT2D eigenvalue weighted by molar-refractivity contribution is 9.10. The number of hydrogen-bond acceptors (Lipinski definition) is 3. The zero-order valence-corrected chi connectivity index (χ0v) is 13.4. The average Bonchev–Trinajstić information content (AvgIpc) is 2.82. The zero-order chi connectivity index (χ0) is 15.6. The molecule has 0 amide bonds. The Morgan fingerprint density at radius 3 is 2.76 bits per heavy atom. The van der Waals surface area contributed by atoms with Crippen LogP contribution in [0.5, 0.6) is 0 Å².